The maximum Gasteiger partial charge on any atom is 0.243 e. The fourth-order valence-electron chi connectivity index (χ4n) is 3.08. The number of piperazine rings is 1. The molecule has 2 aromatic rings. The summed E-state index contributed by atoms with van der Waals surface area (Å²) in [6, 6.07) is 7.12. The Morgan fingerprint density at radius 1 is 1.04 bits per heavy atom. The third-order valence-corrected chi connectivity index (χ3v) is 7.49. The van der Waals surface area contributed by atoms with Gasteiger partial charge in [-0.15, -0.1) is 0 Å². The van der Waals surface area contributed by atoms with Crippen LogP contribution in [0.3, 0.4) is 0 Å². The second-order valence-electron chi connectivity index (χ2n) is 7.18. The number of hydrogen-bond donors (Lipinski definition) is 0. The van der Waals surface area contributed by atoms with E-state index in [1.54, 1.807) is 22.5 Å². The quantitative estimate of drug-likeness (QED) is 0.709. The van der Waals surface area contributed by atoms with E-state index in [0.717, 1.165) is 27.4 Å². The average molecular weight is 453 g/mol. The Kier molecular flexibility index (Phi) is 5.88. The highest BCUT2D eigenvalue weighted by Crippen LogP contribution is 2.25. The Labute approximate surface area is 169 Å². The first-order valence-corrected chi connectivity index (χ1v) is 11.3. The molecule has 3 rings (SSSR count). The summed E-state index contributed by atoms with van der Waals surface area (Å²) in [5.74, 6) is 1.96. The molecule has 0 amide bonds. The van der Waals surface area contributed by atoms with Crippen molar-refractivity contribution in [3.8, 4) is 0 Å². The molecule has 6 nitrogen and oxygen atoms in total. The Hall–Kier alpha value is -1.51. The molecule has 0 saturated carbocycles. The lowest BCUT2D eigenvalue weighted by atomic mass is 10.2. The van der Waals surface area contributed by atoms with Crippen molar-refractivity contribution in [3.63, 3.8) is 0 Å². The highest BCUT2D eigenvalue weighted by molar-refractivity contribution is 9.10. The van der Waals surface area contributed by atoms with Gasteiger partial charge in [-0.3, -0.25) is 0 Å². The zero-order valence-corrected chi connectivity index (χ0v) is 18.5. The minimum absolute atomic E-state index is 0.256. The van der Waals surface area contributed by atoms with E-state index < -0.39 is 10.0 Å². The highest BCUT2D eigenvalue weighted by Gasteiger charge is 2.29. The molecule has 1 fully saturated rings. The standard InChI is InChI=1S/C19H25BrN4O2S/c1-13(2)19-21-15(4)12-18(22-19)23-7-9-24(10-8-23)27(25,26)16-5-6-17(20)14(3)11-16/h5-6,11-13H,7-10H2,1-4H3. The molecule has 0 bridgehead atoms. The molecule has 0 N–H and O–H groups in total. The zero-order valence-electron chi connectivity index (χ0n) is 16.1. The van der Waals surface area contributed by atoms with Gasteiger partial charge in [0, 0.05) is 48.3 Å². The van der Waals surface area contributed by atoms with Crippen molar-refractivity contribution in [1.82, 2.24) is 14.3 Å². The fraction of sp³-hybridized carbons (Fsp3) is 0.474. The predicted octanol–water partition coefficient (Wildman–Crippen LogP) is 3.49. The molecule has 0 atom stereocenters. The summed E-state index contributed by atoms with van der Waals surface area (Å²) in [7, 11) is -3.48. The van der Waals surface area contributed by atoms with E-state index in [1.807, 2.05) is 19.9 Å². The third-order valence-electron chi connectivity index (χ3n) is 4.70. The lowest BCUT2D eigenvalue weighted by Gasteiger charge is -2.35. The number of halogens is 1. The van der Waals surface area contributed by atoms with Crippen molar-refractivity contribution >= 4 is 31.8 Å². The molecule has 1 aromatic heterocycles. The van der Waals surface area contributed by atoms with E-state index in [1.165, 1.54) is 0 Å². The predicted molar refractivity (Wildman–Crippen MR) is 111 cm³/mol. The van der Waals surface area contributed by atoms with Gasteiger partial charge in [-0.05, 0) is 37.6 Å². The van der Waals surface area contributed by atoms with Crippen LogP contribution in [0.15, 0.2) is 33.6 Å². The summed E-state index contributed by atoms with van der Waals surface area (Å²) < 4.78 is 28.4. The van der Waals surface area contributed by atoms with Gasteiger partial charge in [0.25, 0.3) is 0 Å². The number of aromatic nitrogens is 2. The molecule has 0 radical (unpaired) electrons. The molecular weight excluding hydrogens is 428 g/mol. The number of rotatable bonds is 4. The van der Waals surface area contributed by atoms with Crippen molar-refractivity contribution in [2.45, 2.75) is 38.5 Å². The van der Waals surface area contributed by atoms with E-state index in [-0.39, 0.29) is 5.92 Å². The van der Waals surface area contributed by atoms with Gasteiger partial charge in [-0.2, -0.15) is 4.31 Å². The average Bonchev–Trinajstić information content (AvgIpc) is 2.63. The number of hydrogen-bond acceptors (Lipinski definition) is 5. The Balaban J connectivity index is 1.76. The lowest BCUT2D eigenvalue weighted by molar-refractivity contribution is 0.383. The monoisotopic (exact) mass is 452 g/mol. The van der Waals surface area contributed by atoms with Gasteiger partial charge in [0.1, 0.15) is 11.6 Å². The summed E-state index contributed by atoms with van der Waals surface area (Å²) in [5, 5.41) is 0. The number of nitrogens with zero attached hydrogens (tertiary/aromatic N) is 4. The summed E-state index contributed by atoms with van der Waals surface area (Å²) in [5.41, 5.74) is 1.84. The second kappa shape index (κ2) is 7.85. The largest absolute Gasteiger partial charge is 0.354 e. The molecule has 8 heteroatoms. The smallest absolute Gasteiger partial charge is 0.243 e. The van der Waals surface area contributed by atoms with E-state index in [2.05, 4.69) is 44.6 Å². The molecule has 1 aliphatic heterocycles. The van der Waals surface area contributed by atoms with E-state index in [0.29, 0.717) is 31.1 Å². The van der Waals surface area contributed by atoms with Gasteiger partial charge in [0.2, 0.25) is 10.0 Å². The van der Waals surface area contributed by atoms with Crippen LogP contribution in [0.5, 0.6) is 0 Å². The van der Waals surface area contributed by atoms with Crippen molar-refractivity contribution in [1.29, 1.82) is 0 Å². The molecule has 0 spiro atoms. The third kappa shape index (κ3) is 4.33. The molecule has 146 valence electrons. The summed E-state index contributed by atoms with van der Waals surface area (Å²) in [4.78, 5) is 11.6. The van der Waals surface area contributed by atoms with Crippen molar-refractivity contribution < 1.29 is 8.42 Å². The van der Waals surface area contributed by atoms with Gasteiger partial charge in [-0.25, -0.2) is 18.4 Å². The SMILES string of the molecule is Cc1cc(N2CCN(S(=O)(=O)c3ccc(Br)c(C)c3)CC2)nc(C(C)C)n1. The molecule has 2 heterocycles. The fourth-order valence-corrected chi connectivity index (χ4v) is 4.83. The Morgan fingerprint density at radius 2 is 1.70 bits per heavy atom. The van der Waals surface area contributed by atoms with Gasteiger partial charge in [0.05, 0.1) is 4.90 Å². The molecular formula is C19H25BrN4O2S. The lowest BCUT2D eigenvalue weighted by Crippen LogP contribution is -2.49. The van der Waals surface area contributed by atoms with Crippen molar-refractivity contribution in [3.05, 3.63) is 45.8 Å². The summed E-state index contributed by atoms with van der Waals surface area (Å²) in [6.07, 6.45) is 0. The number of benzene rings is 1. The first-order chi connectivity index (χ1) is 12.7. The molecule has 1 aliphatic rings. The molecule has 1 saturated heterocycles. The van der Waals surface area contributed by atoms with Gasteiger partial charge in [0.15, 0.2) is 0 Å². The van der Waals surface area contributed by atoms with Gasteiger partial charge >= 0.3 is 0 Å². The van der Waals surface area contributed by atoms with Crippen LogP contribution in [0.25, 0.3) is 0 Å². The van der Waals surface area contributed by atoms with Crippen LogP contribution in [-0.4, -0.2) is 48.9 Å². The molecule has 0 aliphatic carbocycles. The summed E-state index contributed by atoms with van der Waals surface area (Å²) in [6.45, 7) is 10.1. The van der Waals surface area contributed by atoms with Crippen LogP contribution >= 0.6 is 15.9 Å². The summed E-state index contributed by atoms with van der Waals surface area (Å²) >= 11 is 3.42. The second-order valence-corrected chi connectivity index (χ2v) is 9.97. The number of aryl methyl sites for hydroxylation is 2. The van der Waals surface area contributed by atoms with E-state index in [9.17, 15) is 8.42 Å². The van der Waals surface area contributed by atoms with Crippen LogP contribution < -0.4 is 4.90 Å². The minimum atomic E-state index is -3.48. The minimum Gasteiger partial charge on any atom is -0.354 e. The van der Waals surface area contributed by atoms with Gasteiger partial charge < -0.3 is 4.90 Å². The first kappa shape index (κ1) is 20.2. The van der Waals surface area contributed by atoms with Crippen LogP contribution in [-0.2, 0) is 10.0 Å². The Morgan fingerprint density at radius 3 is 2.30 bits per heavy atom. The van der Waals surface area contributed by atoms with Crippen molar-refractivity contribution in [2.24, 2.45) is 0 Å². The molecule has 1 aromatic carbocycles. The maximum atomic E-state index is 13.0. The van der Waals surface area contributed by atoms with Crippen LogP contribution in [0.4, 0.5) is 5.82 Å². The maximum absolute atomic E-state index is 13.0. The molecule has 0 unspecified atom stereocenters. The number of anilines is 1. The topological polar surface area (TPSA) is 66.4 Å². The first-order valence-electron chi connectivity index (χ1n) is 9.05. The zero-order chi connectivity index (χ0) is 19.8. The number of sulfonamides is 1. The normalized spacial score (nSPS) is 16.1. The van der Waals surface area contributed by atoms with E-state index in [4.69, 9.17) is 0 Å². The highest BCUT2D eigenvalue weighted by atomic mass is 79.9. The van der Waals surface area contributed by atoms with Crippen LogP contribution in [0.2, 0.25) is 0 Å². The van der Waals surface area contributed by atoms with Gasteiger partial charge in [-0.1, -0.05) is 29.8 Å². The van der Waals surface area contributed by atoms with Crippen molar-refractivity contribution in [2.75, 3.05) is 31.1 Å². The molecule has 27 heavy (non-hydrogen) atoms. The van der Waals surface area contributed by atoms with Crippen LogP contribution in [0.1, 0.15) is 36.8 Å². The van der Waals surface area contributed by atoms with Crippen LogP contribution in [0, 0.1) is 13.8 Å². The van der Waals surface area contributed by atoms with E-state index >= 15 is 0 Å². The Bertz CT molecular complexity index is 939.